The molecular formula is C12H14N2O2S. The zero-order valence-corrected chi connectivity index (χ0v) is 10.7. The summed E-state index contributed by atoms with van der Waals surface area (Å²) in [5.41, 5.74) is 0.762. The molecule has 0 unspecified atom stereocenters. The van der Waals surface area contributed by atoms with E-state index in [0.717, 1.165) is 12.2 Å². The van der Waals surface area contributed by atoms with Gasteiger partial charge in [0.25, 0.3) is 11.1 Å². The lowest BCUT2D eigenvalue weighted by molar-refractivity contribution is -0.122. The predicted octanol–water partition coefficient (Wildman–Crippen LogP) is 1.77. The van der Waals surface area contributed by atoms with Gasteiger partial charge >= 0.3 is 0 Å². The zero-order chi connectivity index (χ0) is 12.4. The minimum atomic E-state index is -0.161. The molecule has 0 spiro atoms. The second-order valence-corrected chi connectivity index (χ2v) is 3.97. The normalized spacial score (nSPS) is 23.6. The summed E-state index contributed by atoms with van der Waals surface area (Å²) in [5, 5.41) is 0.235. The molecular weight excluding hydrogens is 236 g/mol. The Morgan fingerprint density at radius 3 is 2.65 bits per heavy atom. The van der Waals surface area contributed by atoms with Crippen molar-refractivity contribution in [3.05, 3.63) is 35.9 Å². The number of hydrogen-bond acceptors (Lipinski definition) is 4. The van der Waals surface area contributed by atoms with Gasteiger partial charge in [0.2, 0.25) is 5.76 Å². The number of ether oxygens (including phenoxy) is 1. The van der Waals surface area contributed by atoms with Crippen molar-refractivity contribution in [1.82, 2.24) is 9.80 Å². The van der Waals surface area contributed by atoms with Crippen LogP contribution >= 0.6 is 12.2 Å². The van der Waals surface area contributed by atoms with E-state index < -0.39 is 0 Å². The molecule has 0 N–H and O–H groups in total. The van der Waals surface area contributed by atoms with Crippen molar-refractivity contribution < 1.29 is 9.53 Å². The van der Waals surface area contributed by atoms with E-state index in [-0.39, 0.29) is 11.1 Å². The smallest absolute Gasteiger partial charge is 0.299 e. The van der Waals surface area contributed by atoms with Crippen molar-refractivity contribution in [1.29, 1.82) is 0 Å². The molecule has 1 saturated heterocycles. The fourth-order valence-electron chi connectivity index (χ4n) is 1.78. The molecule has 0 aromatic rings. The van der Waals surface area contributed by atoms with Crippen LogP contribution in [0.5, 0.6) is 0 Å². The highest BCUT2D eigenvalue weighted by molar-refractivity contribution is 7.80. The van der Waals surface area contributed by atoms with E-state index in [1.807, 2.05) is 43.2 Å². The van der Waals surface area contributed by atoms with Crippen LogP contribution in [0.3, 0.4) is 0 Å². The summed E-state index contributed by atoms with van der Waals surface area (Å²) < 4.78 is 5.41. The number of nitrogens with zero attached hydrogens (tertiary/aromatic N) is 2. The van der Waals surface area contributed by atoms with E-state index in [1.165, 1.54) is 4.90 Å². The van der Waals surface area contributed by atoms with Gasteiger partial charge < -0.3 is 9.64 Å². The summed E-state index contributed by atoms with van der Waals surface area (Å²) in [4.78, 5) is 15.5. The second-order valence-electron chi connectivity index (χ2n) is 3.62. The van der Waals surface area contributed by atoms with E-state index in [0.29, 0.717) is 12.3 Å². The second kappa shape index (κ2) is 4.71. The fourth-order valence-corrected chi connectivity index (χ4v) is 2.08. The van der Waals surface area contributed by atoms with Crippen LogP contribution in [-0.4, -0.2) is 34.0 Å². The SMILES string of the molecule is CCN1C=CC=CC1=C1OC(=S)N(CC)C1=O. The van der Waals surface area contributed by atoms with Crippen molar-refractivity contribution in [3.63, 3.8) is 0 Å². The summed E-state index contributed by atoms with van der Waals surface area (Å²) in [6.07, 6.45) is 7.57. The Labute approximate surface area is 106 Å². The Morgan fingerprint density at radius 2 is 2.06 bits per heavy atom. The van der Waals surface area contributed by atoms with Gasteiger partial charge in [0.05, 0.1) is 5.70 Å². The highest BCUT2D eigenvalue weighted by atomic mass is 32.1. The molecule has 2 heterocycles. The van der Waals surface area contributed by atoms with Gasteiger partial charge in [-0.3, -0.25) is 9.69 Å². The Balaban J connectivity index is 2.39. The van der Waals surface area contributed by atoms with Crippen LogP contribution in [0.4, 0.5) is 0 Å². The van der Waals surface area contributed by atoms with Crippen molar-refractivity contribution in [2.75, 3.05) is 13.1 Å². The summed E-state index contributed by atoms with van der Waals surface area (Å²) in [6.45, 7) is 5.18. The summed E-state index contributed by atoms with van der Waals surface area (Å²) in [6, 6.07) is 0. The van der Waals surface area contributed by atoms with Gasteiger partial charge in [0, 0.05) is 19.3 Å². The average Bonchev–Trinajstić information content (AvgIpc) is 2.64. The van der Waals surface area contributed by atoms with Gasteiger partial charge in [0.15, 0.2) is 0 Å². The van der Waals surface area contributed by atoms with E-state index in [2.05, 4.69) is 0 Å². The minimum Gasteiger partial charge on any atom is -0.423 e. The molecule has 0 aliphatic carbocycles. The van der Waals surface area contributed by atoms with E-state index in [1.54, 1.807) is 0 Å². The standard InChI is InChI=1S/C12H14N2O2S/c1-3-13-8-6-5-7-9(13)10-11(15)14(4-2)12(17)16-10/h5-8H,3-4H2,1-2H3. The van der Waals surface area contributed by atoms with Crippen LogP contribution in [0, 0.1) is 0 Å². The zero-order valence-electron chi connectivity index (χ0n) is 9.84. The molecule has 1 fully saturated rings. The Morgan fingerprint density at radius 1 is 1.29 bits per heavy atom. The predicted molar refractivity (Wildman–Crippen MR) is 68.8 cm³/mol. The topological polar surface area (TPSA) is 32.8 Å². The molecule has 5 heteroatoms. The minimum absolute atomic E-state index is 0.161. The number of carbonyl (C=O) groups excluding carboxylic acids is 1. The summed E-state index contributed by atoms with van der Waals surface area (Å²) >= 11 is 5.03. The van der Waals surface area contributed by atoms with Gasteiger partial charge in [-0.25, -0.2) is 0 Å². The van der Waals surface area contributed by atoms with Gasteiger partial charge in [-0.15, -0.1) is 0 Å². The molecule has 0 atom stereocenters. The number of allylic oxidation sites excluding steroid dienone is 3. The molecule has 4 nitrogen and oxygen atoms in total. The average molecular weight is 250 g/mol. The maximum Gasteiger partial charge on any atom is 0.299 e. The van der Waals surface area contributed by atoms with Gasteiger partial charge in [-0.1, -0.05) is 6.08 Å². The number of carbonyl (C=O) groups is 1. The molecule has 2 aliphatic heterocycles. The molecule has 2 rings (SSSR count). The lowest BCUT2D eigenvalue weighted by Crippen LogP contribution is -2.28. The third kappa shape index (κ3) is 1.98. The van der Waals surface area contributed by atoms with Gasteiger partial charge in [-0.05, 0) is 38.2 Å². The van der Waals surface area contributed by atoms with Crippen LogP contribution in [-0.2, 0) is 9.53 Å². The molecule has 17 heavy (non-hydrogen) atoms. The highest BCUT2D eigenvalue weighted by Crippen LogP contribution is 2.24. The third-order valence-electron chi connectivity index (χ3n) is 2.68. The summed E-state index contributed by atoms with van der Waals surface area (Å²) in [7, 11) is 0. The van der Waals surface area contributed by atoms with Crippen LogP contribution < -0.4 is 0 Å². The first-order valence-electron chi connectivity index (χ1n) is 5.58. The van der Waals surface area contributed by atoms with Gasteiger partial charge in [-0.2, -0.15) is 0 Å². The van der Waals surface area contributed by atoms with E-state index in [9.17, 15) is 4.79 Å². The maximum absolute atomic E-state index is 12.1. The number of amides is 1. The Hall–Kier alpha value is -1.62. The van der Waals surface area contributed by atoms with Crippen molar-refractivity contribution >= 4 is 23.3 Å². The number of thiocarbonyl (C=S) groups is 1. The van der Waals surface area contributed by atoms with Crippen molar-refractivity contribution in [2.24, 2.45) is 0 Å². The first kappa shape index (κ1) is 11.9. The quantitative estimate of drug-likeness (QED) is 0.552. The van der Waals surface area contributed by atoms with E-state index >= 15 is 0 Å². The number of rotatable bonds is 2. The Kier molecular flexibility index (Phi) is 3.28. The van der Waals surface area contributed by atoms with Crippen molar-refractivity contribution in [2.45, 2.75) is 13.8 Å². The molecule has 0 bridgehead atoms. The molecule has 0 aromatic carbocycles. The molecule has 2 aliphatic rings. The first-order valence-corrected chi connectivity index (χ1v) is 5.99. The monoisotopic (exact) mass is 250 g/mol. The fraction of sp³-hybridized carbons (Fsp3) is 0.333. The Bertz CT molecular complexity index is 451. The largest absolute Gasteiger partial charge is 0.423 e. The van der Waals surface area contributed by atoms with Crippen LogP contribution in [0.2, 0.25) is 0 Å². The molecule has 0 radical (unpaired) electrons. The van der Waals surface area contributed by atoms with E-state index in [4.69, 9.17) is 17.0 Å². The van der Waals surface area contributed by atoms with Gasteiger partial charge in [0.1, 0.15) is 0 Å². The molecule has 0 saturated carbocycles. The van der Waals surface area contributed by atoms with Crippen LogP contribution in [0.15, 0.2) is 35.9 Å². The van der Waals surface area contributed by atoms with Crippen LogP contribution in [0.25, 0.3) is 0 Å². The third-order valence-corrected chi connectivity index (χ3v) is 2.98. The number of likely N-dealkylation sites (N-methyl/N-ethyl adjacent to an activating group) is 2. The number of hydrogen-bond donors (Lipinski definition) is 0. The first-order chi connectivity index (χ1) is 8.19. The lowest BCUT2D eigenvalue weighted by Gasteiger charge is -2.22. The lowest BCUT2D eigenvalue weighted by atomic mass is 10.2. The molecule has 1 amide bonds. The highest BCUT2D eigenvalue weighted by Gasteiger charge is 2.35. The molecule has 0 aromatic heterocycles. The summed E-state index contributed by atoms with van der Waals surface area (Å²) in [5.74, 6) is 0.158. The van der Waals surface area contributed by atoms with Crippen molar-refractivity contribution in [3.8, 4) is 0 Å². The van der Waals surface area contributed by atoms with Crippen LogP contribution in [0.1, 0.15) is 13.8 Å². The molecule has 90 valence electrons. The maximum atomic E-state index is 12.1.